The van der Waals surface area contributed by atoms with Gasteiger partial charge in [0.05, 0.1) is 5.69 Å². The molecule has 0 saturated carbocycles. The van der Waals surface area contributed by atoms with Gasteiger partial charge in [-0.05, 0) is 24.6 Å². The number of para-hydroxylation sites is 1. The van der Waals surface area contributed by atoms with E-state index in [-0.39, 0.29) is 17.4 Å². The lowest BCUT2D eigenvalue weighted by molar-refractivity contribution is 0.101. The van der Waals surface area contributed by atoms with Gasteiger partial charge in [-0.2, -0.15) is 0 Å². The van der Waals surface area contributed by atoms with Crippen molar-refractivity contribution in [2.75, 3.05) is 5.73 Å². The lowest BCUT2D eigenvalue weighted by Gasteiger charge is -1.94. The largest absolute Gasteiger partial charge is 0.437 e. The van der Waals surface area contributed by atoms with Crippen LogP contribution in [0.3, 0.4) is 0 Å². The van der Waals surface area contributed by atoms with Gasteiger partial charge in [0.2, 0.25) is 5.78 Å². The first-order chi connectivity index (χ1) is 8.65. The second-order valence-electron chi connectivity index (χ2n) is 4.25. The number of aromatic nitrogens is 1. The molecule has 0 fully saturated rings. The van der Waals surface area contributed by atoms with Crippen LogP contribution < -0.4 is 5.73 Å². The third-order valence-electron chi connectivity index (χ3n) is 2.96. The monoisotopic (exact) mass is 240 g/mol. The lowest BCUT2D eigenvalue weighted by Crippen LogP contribution is -1.99. The van der Waals surface area contributed by atoms with Crippen LogP contribution in [0.5, 0.6) is 0 Å². The number of benzene rings is 1. The standard InChI is InChI=1S/C14H12N2O2/c1-8-3-2-4-9-7-10(16-13(8)9)14(17)11-5-6-12(15)18-11/h2-7,16H,15H2,1H3. The van der Waals surface area contributed by atoms with Crippen LogP contribution in [0.1, 0.15) is 21.8 Å². The maximum Gasteiger partial charge on any atom is 0.244 e. The molecule has 18 heavy (non-hydrogen) atoms. The van der Waals surface area contributed by atoms with E-state index in [0.29, 0.717) is 5.69 Å². The number of ketones is 1. The van der Waals surface area contributed by atoms with Gasteiger partial charge in [-0.3, -0.25) is 4.79 Å². The van der Waals surface area contributed by atoms with Crippen LogP contribution in [0.4, 0.5) is 5.88 Å². The number of hydrogen-bond donors (Lipinski definition) is 2. The van der Waals surface area contributed by atoms with Crippen LogP contribution in [0.2, 0.25) is 0 Å². The Kier molecular flexibility index (Phi) is 2.23. The van der Waals surface area contributed by atoms with Crippen molar-refractivity contribution in [3.8, 4) is 0 Å². The number of nitrogens with one attached hydrogen (secondary N) is 1. The second kappa shape index (κ2) is 3.77. The molecule has 90 valence electrons. The highest BCUT2D eigenvalue weighted by Crippen LogP contribution is 2.21. The number of furan rings is 1. The van der Waals surface area contributed by atoms with E-state index in [2.05, 4.69) is 4.98 Å². The van der Waals surface area contributed by atoms with E-state index in [9.17, 15) is 4.79 Å². The number of nitrogen functional groups attached to an aromatic ring is 1. The van der Waals surface area contributed by atoms with Gasteiger partial charge in [-0.1, -0.05) is 18.2 Å². The molecule has 0 spiro atoms. The zero-order valence-electron chi connectivity index (χ0n) is 9.86. The van der Waals surface area contributed by atoms with Gasteiger partial charge in [0.1, 0.15) is 0 Å². The van der Waals surface area contributed by atoms with Gasteiger partial charge >= 0.3 is 0 Å². The van der Waals surface area contributed by atoms with Crippen molar-refractivity contribution in [3.05, 3.63) is 53.4 Å². The van der Waals surface area contributed by atoms with Gasteiger partial charge in [0.25, 0.3) is 0 Å². The third-order valence-corrected chi connectivity index (χ3v) is 2.96. The average molecular weight is 240 g/mol. The number of fused-ring (bicyclic) bond motifs is 1. The van der Waals surface area contributed by atoms with E-state index in [1.54, 1.807) is 12.1 Å². The summed E-state index contributed by atoms with van der Waals surface area (Å²) in [4.78, 5) is 15.3. The van der Waals surface area contributed by atoms with Gasteiger partial charge in [0, 0.05) is 17.0 Å². The number of H-pyrrole nitrogens is 1. The molecule has 0 bridgehead atoms. The first-order valence-electron chi connectivity index (χ1n) is 5.63. The smallest absolute Gasteiger partial charge is 0.244 e. The highest BCUT2D eigenvalue weighted by Gasteiger charge is 2.15. The highest BCUT2D eigenvalue weighted by atomic mass is 16.4. The topological polar surface area (TPSA) is 72.0 Å². The SMILES string of the molecule is Cc1cccc2cc(C(=O)c3ccc(N)o3)[nH]c12. The van der Waals surface area contributed by atoms with E-state index in [1.807, 2.05) is 31.2 Å². The van der Waals surface area contributed by atoms with E-state index in [0.717, 1.165) is 16.5 Å². The fraction of sp³-hybridized carbons (Fsp3) is 0.0714. The molecule has 3 rings (SSSR count). The summed E-state index contributed by atoms with van der Waals surface area (Å²) in [6.07, 6.45) is 0. The summed E-state index contributed by atoms with van der Waals surface area (Å²) in [6.45, 7) is 2.00. The van der Waals surface area contributed by atoms with Gasteiger partial charge in [-0.25, -0.2) is 0 Å². The van der Waals surface area contributed by atoms with Gasteiger partial charge in [-0.15, -0.1) is 0 Å². The predicted octanol–water partition coefficient (Wildman–Crippen LogP) is 2.88. The zero-order chi connectivity index (χ0) is 12.7. The molecular formula is C14H12N2O2. The van der Waals surface area contributed by atoms with Crippen LogP contribution >= 0.6 is 0 Å². The van der Waals surface area contributed by atoms with Crippen molar-refractivity contribution in [1.82, 2.24) is 4.98 Å². The minimum Gasteiger partial charge on any atom is -0.437 e. The summed E-state index contributed by atoms with van der Waals surface area (Å²) in [5.74, 6) is 0.296. The molecule has 1 aromatic carbocycles. The van der Waals surface area contributed by atoms with Crippen molar-refractivity contribution in [3.63, 3.8) is 0 Å². The fourth-order valence-electron chi connectivity index (χ4n) is 2.04. The molecule has 0 saturated heterocycles. The Morgan fingerprint density at radius 3 is 2.78 bits per heavy atom. The number of aryl methyl sites for hydroxylation is 1. The molecule has 3 aromatic rings. The average Bonchev–Trinajstić information content (AvgIpc) is 2.95. The predicted molar refractivity (Wildman–Crippen MR) is 69.6 cm³/mol. The zero-order valence-corrected chi connectivity index (χ0v) is 9.86. The number of hydrogen-bond acceptors (Lipinski definition) is 3. The Hall–Kier alpha value is -2.49. The van der Waals surface area contributed by atoms with Crippen LogP contribution in [0.25, 0.3) is 10.9 Å². The molecule has 4 nitrogen and oxygen atoms in total. The molecule has 0 unspecified atom stereocenters. The van der Waals surface area contributed by atoms with E-state index < -0.39 is 0 Å². The molecule has 0 aliphatic rings. The van der Waals surface area contributed by atoms with Crippen LogP contribution in [0, 0.1) is 6.92 Å². The van der Waals surface area contributed by atoms with E-state index in [1.165, 1.54) is 0 Å². The highest BCUT2D eigenvalue weighted by molar-refractivity contribution is 6.08. The minimum atomic E-state index is -0.192. The van der Waals surface area contributed by atoms with Gasteiger partial charge in [0.15, 0.2) is 11.6 Å². The van der Waals surface area contributed by atoms with Crippen molar-refractivity contribution in [2.45, 2.75) is 6.92 Å². The molecule has 0 atom stereocenters. The summed E-state index contributed by atoms with van der Waals surface area (Å²) < 4.78 is 5.13. The Bertz CT molecular complexity index is 737. The second-order valence-corrected chi connectivity index (χ2v) is 4.25. The molecule has 3 N–H and O–H groups in total. The Morgan fingerprint density at radius 1 is 1.28 bits per heavy atom. The fourth-order valence-corrected chi connectivity index (χ4v) is 2.04. The quantitative estimate of drug-likeness (QED) is 0.676. The van der Waals surface area contributed by atoms with Crippen LogP contribution in [0.15, 0.2) is 40.8 Å². The number of nitrogens with two attached hydrogens (primary N) is 1. The number of carbonyl (C=O) groups is 1. The number of rotatable bonds is 2. The van der Waals surface area contributed by atoms with E-state index >= 15 is 0 Å². The molecule has 2 aromatic heterocycles. The summed E-state index contributed by atoms with van der Waals surface area (Å²) >= 11 is 0. The van der Waals surface area contributed by atoms with Crippen molar-refractivity contribution >= 4 is 22.6 Å². The molecular weight excluding hydrogens is 228 g/mol. The molecule has 4 heteroatoms. The number of carbonyl (C=O) groups excluding carboxylic acids is 1. The van der Waals surface area contributed by atoms with Crippen LogP contribution in [-0.2, 0) is 0 Å². The Balaban J connectivity index is 2.10. The third kappa shape index (κ3) is 1.59. The van der Waals surface area contributed by atoms with Crippen molar-refractivity contribution in [1.29, 1.82) is 0 Å². The molecule has 2 heterocycles. The Labute approximate surface area is 103 Å². The number of aromatic amines is 1. The number of anilines is 1. The summed E-state index contributed by atoms with van der Waals surface area (Å²) in [5.41, 5.74) is 8.05. The lowest BCUT2D eigenvalue weighted by atomic mass is 10.1. The summed E-state index contributed by atoms with van der Waals surface area (Å²) in [5, 5.41) is 1.01. The molecule has 0 aliphatic heterocycles. The molecule has 0 radical (unpaired) electrons. The first-order valence-corrected chi connectivity index (χ1v) is 5.63. The molecule has 0 aliphatic carbocycles. The van der Waals surface area contributed by atoms with Crippen LogP contribution in [-0.4, -0.2) is 10.8 Å². The minimum absolute atomic E-state index is 0.192. The Morgan fingerprint density at radius 2 is 2.11 bits per heavy atom. The van der Waals surface area contributed by atoms with E-state index in [4.69, 9.17) is 10.2 Å². The normalized spacial score (nSPS) is 10.9. The first kappa shape index (κ1) is 10.7. The van der Waals surface area contributed by atoms with Gasteiger partial charge < -0.3 is 15.1 Å². The summed E-state index contributed by atoms with van der Waals surface area (Å²) in [7, 11) is 0. The summed E-state index contributed by atoms with van der Waals surface area (Å²) in [6, 6.07) is 10.9. The molecule has 0 amide bonds. The maximum absolute atomic E-state index is 12.2. The van der Waals surface area contributed by atoms with Crippen molar-refractivity contribution < 1.29 is 9.21 Å². The van der Waals surface area contributed by atoms with Crippen molar-refractivity contribution in [2.24, 2.45) is 0 Å². The maximum atomic E-state index is 12.2.